The number of carbonyl (C=O) groups is 2. The highest BCUT2D eigenvalue weighted by Gasteiger charge is 2.14. The zero-order chi connectivity index (χ0) is 12.4. The Hall–Kier alpha value is -2.02. The van der Waals surface area contributed by atoms with E-state index in [2.05, 4.69) is 15.5 Å². The molecule has 0 radical (unpaired) electrons. The number of nitrogens with zero attached hydrogens (tertiary/aromatic N) is 2. The highest BCUT2D eigenvalue weighted by molar-refractivity contribution is 7.17. The van der Waals surface area contributed by atoms with Crippen LogP contribution in [0.15, 0.2) is 16.8 Å². The number of ketones is 1. The molecule has 0 fully saturated rings. The first-order valence-corrected chi connectivity index (χ1v) is 5.59. The summed E-state index contributed by atoms with van der Waals surface area (Å²) in [6.07, 6.45) is 1.42. The molecule has 0 saturated carbocycles. The lowest BCUT2D eigenvalue weighted by atomic mass is 10.4. The largest absolute Gasteiger partial charge is 0.351 e. The summed E-state index contributed by atoms with van der Waals surface area (Å²) in [7, 11) is 0. The standard InChI is InChI=1S/C10H9N3O3S/c1-5-3-7(16-13-5)9(15)12-10-11-4-8(17-10)6(2)14/h3-4H,1-2H3,(H,11,12,15). The molecule has 0 aromatic carbocycles. The molecule has 2 heterocycles. The molecule has 0 aliphatic rings. The number of hydrogen-bond donors (Lipinski definition) is 1. The smallest absolute Gasteiger partial charge is 0.296 e. The molecule has 2 aromatic heterocycles. The Morgan fingerprint density at radius 2 is 2.24 bits per heavy atom. The molecular formula is C10H9N3O3S. The molecule has 88 valence electrons. The number of Topliss-reactive ketones (excluding diaryl/α,β-unsaturated/α-hetero) is 1. The van der Waals surface area contributed by atoms with Crippen molar-refractivity contribution >= 4 is 28.2 Å². The van der Waals surface area contributed by atoms with Crippen LogP contribution in [-0.4, -0.2) is 21.8 Å². The molecule has 0 aliphatic carbocycles. The zero-order valence-electron chi connectivity index (χ0n) is 9.18. The van der Waals surface area contributed by atoms with Gasteiger partial charge < -0.3 is 4.52 Å². The molecule has 2 aromatic rings. The molecule has 7 heteroatoms. The number of aromatic nitrogens is 2. The molecular weight excluding hydrogens is 242 g/mol. The van der Waals surface area contributed by atoms with Gasteiger partial charge in [0.15, 0.2) is 10.9 Å². The molecule has 2 rings (SSSR count). The van der Waals surface area contributed by atoms with Gasteiger partial charge >= 0.3 is 0 Å². The van der Waals surface area contributed by atoms with E-state index in [0.29, 0.717) is 15.7 Å². The van der Waals surface area contributed by atoms with Crippen LogP contribution in [0, 0.1) is 6.92 Å². The minimum absolute atomic E-state index is 0.0847. The number of thiazole rings is 1. The van der Waals surface area contributed by atoms with Crippen molar-refractivity contribution in [2.45, 2.75) is 13.8 Å². The summed E-state index contributed by atoms with van der Waals surface area (Å²) >= 11 is 1.12. The van der Waals surface area contributed by atoms with Crippen molar-refractivity contribution in [3.63, 3.8) is 0 Å². The van der Waals surface area contributed by atoms with Crippen LogP contribution in [0.25, 0.3) is 0 Å². The molecule has 6 nitrogen and oxygen atoms in total. The maximum atomic E-state index is 11.6. The van der Waals surface area contributed by atoms with Crippen LogP contribution in [-0.2, 0) is 0 Å². The fraction of sp³-hybridized carbons (Fsp3) is 0.200. The average molecular weight is 251 g/mol. The molecule has 1 N–H and O–H groups in total. The van der Waals surface area contributed by atoms with Gasteiger partial charge in [0.2, 0.25) is 5.76 Å². The molecule has 0 bridgehead atoms. The Bertz CT molecular complexity index is 573. The van der Waals surface area contributed by atoms with Crippen molar-refractivity contribution in [3.8, 4) is 0 Å². The quantitative estimate of drug-likeness (QED) is 0.842. The number of hydrogen-bond acceptors (Lipinski definition) is 6. The minimum atomic E-state index is -0.435. The molecule has 0 aliphatic heterocycles. The first-order chi connectivity index (χ1) is 8.06. The second-order valence-electron chi connectivity index (χ2n) is 3.37. The topological polar surface area (TPSA) is 85.1 Å². The van der Waals surface area contributed by atoms with E-state index in [-0.39, 0.29) is 11.5 Å². The predicted molar refractivity (Wildman–Crippen MR) is 61.3 cm³/mol. The van der Waals surface area contributed by atoms with Crippen LogP contribution in [0.5, 0.6) is 0 Å². The monoisotopic (exact) mass is 251 g/mol. The van der Waals surface area contributed by atoms with Crippen molar-refractivity contribution < 1.29 is 14.1 Å². The number of aryl methyl sites for hydroxylation is 1. The Morgan fingerprint density at radius 1 is 1.47 bits per heavy atom. The normalized spacial score (nSPS) is 10.2. The molecule has 1 amide bonds. The van der Waals surface area contributed by atoms with E-state index in [1.165, 1.54) is 19.2 Å². The van der Waals surface area contributed by atoms with Gasteiger partial charge in [-0.05, 0) is 6.92 Å². The van der Waals surface area contributed by atoms with Gasteiger partial charge in [-0.15, -0.1) is 0 Å². The van der Waals surface area contributed by atoms with Crippen molar-refractivity contribution in [3.05, 3.63) is 28.6 Å². The fourth-order valence-electron chi connectivity index (χ4n) is 1.12. The van der Waals surface area contributed by atoms with E-state index in [4.69, 9.17) is 4.52 Å². The summed E-state index contributed by atoms with van der Waals surface area (Å²) in [6, 6.07) is 1.52. The van der Waals surface area contributed by atoms with Gasteiger partial charge in [0.05, 0.1) is 16.8 Å². The third kappa shape index (κ3) is 2.56. The van der Waals surface area contributed by atoms with E-state index in [1.54, 1.807) is 6.92 Å². The van der Waals surface area contributed by atoms with E-state index >= 15 is 0 Å². The number of amides is 1. The third-order valence-electron chi connectivity index (χ3n) is 1.92. The highest BCUT2D eigenvalue weighted by atomic mass is 32.1. The molecule has 0 spiro atoms. The number of nitrogens with one attached hydrogen (secondary N) is 1. The van der Waals surface area contributed by atoms with Crippen LogP contribution >= 0.6 is 11.3 Å². The minimum Gasteiger partial charge on any atom is -0.351 e. The van der Waals surface area contributed by atoms with Gasteiger partial charge in [0.1, 0.15) is 0 Å². The Balaban J connectivity index is 2.10. The maximum Gasteiger partial charge on any atom is 0.296 e. The van der Waals surface area contributed by atoms with Gasteiger partial charge in [-0.2, -0.15) is 0 Å². The molecule has 0 saturated heterocycles. The van der Waals surface area contributed by atoms with E-state index in [1.807, 2.05) is 0 Å². The average Bonchev–Trinajstić information content (AvgIpc) is 2.86. The van der Waals surface area contributed by atoms with E-state index < -0.39 is 5.91 Å². The molecule has 0 atom stereocenters. The van der Waals surface area contributed by atoms with Crippen molar-refractivity contribution in [2.24, 2.45) is 0 Å². The summed E-state index contributed by atoms with van der Waals surface area (Å²) in [5.41, 5.74) is 0.624. The first kappa shape index (κ1) is 11.5. The lowest BCUT2D eigenvalue weighted by Crippen LogP contribution is -2.10. The van der Waals surface area contributed by atoms with E-state index in [9.17, 15) is 9.59 Å². The number of anilines is 1. The van der Waals surface area contributed by atoms with Crippen LogP contribution in [0.3, 0.4) is 0 Å². The van der Waals surface area contributed by atoms with Gasteiger partial charge in [-0.3, -0.25) is 14.9 Å². The van der Waals surface area contributed by atoms with Crippen molar-refractivity contribution in [1.29, 1.82) is 0 Å². The molecule has 17 heavy (non-hydrogen) atoms. The van der Waals surface area contributed by atoms with Crippen molar-refractivity contribution in [1.82, 2.24) is 10.1 Å². The number of rotatable bonds is 3. The second kappa shape index (κ2) is 4.46. The third-order valence-corrected chi connectivity index (χ3v) is 2.94. The van der Waals surface area contributed by atoms with Gasteiger partial charge in [-0.1, -0.05) is 16.5 Å². The Labute approximate surface area is 101 Å². The maximum absolute atomic E-state index is 11.6. The van der Waals surface area contributed by atoms with Crippen LogP contribution in [0.2, 0.25) is 0 Å². The van der Waals surface area contributed by atoms with Crippen LogP contribution in [0.1, 0.15) is 32.8 Å². The summed E-state index contributed by atoms with van der Waals surface area (Å²) in [4.78, 5) is 27.1. The predicted octanol–water partition coefficient (Wildman–Crippen LogP) is 1.89. The van der Waals surface area contributed by atoms with Crippen LogP contribution in [0.4, 0.5) is 5.13 Å². The highest BCUT2D eigenvalue weighted by Crippen LogP contribution is 2.19. The lowest BCUT2D eigenvalue weighted by Gasteiger charge is -1.95. The van der Waals surface area contributed by atoms with E-state index in [0.717, 1.165) is 11.3 Å². The first-order valence-electron chi connectivity index (χ1n) is 4.77. The van der Waals surface area contributed by atoms with Gasteiger partial charge in [0.25, 0.3) is 5.91 Å². The second-order valence-corrected chi connectivity index (χ2v) is 4.40. The van der Waals surface area contributed by atoms with Gasteiger partial charge in [-0.25, -0.2) is 4.98 Å². The van der Waals surface area contributed by atoms with Gasteiger partial charge in [0, 0.05) is 13.0 Å². The summed E-state index contributed by atoms with van der Waals surface area (Å²) in [5, 5.41) is 6.49. The lowest BCUT2D eigenvalue weighted by molar-refractivity contribution is 0.0986. The SMILES string of the molecule is CC(=O)c1cnc(NC(=O)c2cc(C)no2)s1. The van der Waals surface area contributed by atoms with Crippen molar-refractivity contribution in [2.75, 3.05) is 5.32 Å². The van der Waals surface area contributed by atoms with Crippen LogP contribution < -0.4 is 5.32 Å². The zero-order valence-corrected chi connectivity index (χ0v) is 10.00. The molecule has 0 unspecified atom stereocenters. The summed E-state index contributed by atoms with van der Waals surface area (Å²) in [6.45, 7) is 3.16. The Kier molecular flexibility index (Phi) is 3.01. The number of carbonyl (C=O) groups excluding carboxylic acids is 2. The fourth-order valence-corrected chi connectivity index (χ4v) is 1.83. The Morgan fingerprint density at radius 3 is 2.76 bits per heavy atom. The summed E-state index contributed by atoms with van der Waals surface area (Å²) < 4.78 is 4.80. The summed E-state index contributed by atoms with van der Waals surface area (Å²) in [5.74, 6) is -0.407.